The van der Waals surface area contributed by atoms with Gasteiger partial charge in [0.1, 0.15) is 18.1 Å². The van der Waals surface area contributed by atoms with Crippen LogP contribution in [0, 0.1) is 0 Å². The average Bonchev–Trinajstić information content (AvgIpc) is 2.78. The number of carbonyl (C=O) groups is 1. The molecule has 0 radical (unpaired) electrons. The Hall–Kier alpha value is -3.12. The molecule has 1 aromatic heterocycles. The molecule has 6 heteroatoms. The van der Waals surface area contributed by atoms with Gasteiger partial charge in [-0.25, -0.2) is 4.79 Å². The molecule has 0 saturated heterocycles. The van der Waals surface area contributed by atoms with Gasteiger partial charge in [0.05, 0.1) is 17.2 Å². The SMILES string of the molecule is CCOC(Cc1ccc(OCc2cnc3ccc(CC)cc3c2OC(C)C)cc1)C(=O)O. The maximum atomic E-state index is 11.3. The van der Waals surface area contributed by atoms with Crippen LogP contribution in [0.4, 0.5) is 0 Å². The van der Waals surface area contributed by atoms with Gasteiger partial charge < -0.3 is 19.3 Å². The number of hydrogen-bond acceptors (Lipinski definition) is 5. The Morgan fingerprint density at radius 1 is 1.06 bits per heavy atom. The van der Waals surface area contributed by atoms with Crippen molar-refractivity contribution in [1.82, 2.24) is 4.98 Å². The molecule has 1 unspecified atom stereocenters. The van der Waals surface area contributed by atoms with Crippen LogP contribution in [-0.2, 0) is 29.0 Å². The lowest BCUT2D eigenvalue weighted by Gasteiger charge is -2.17. The van der Waals surface area contributed by atoms with Crippen LogP contribution >= 0.6 is 0 Å². The number of aliphatic carboxylic acids is 1. The molecule has 0 aliphatic carbocycles. The van der Waals surface area contributed by atoms with Crippen molar-refractivity contribution in [2.24, 2.45) is 0 Å². The molecule has 170 valence electrons. The van der Waals surface area contributed by atoms with Crippen LogP contribution in [0.15, 0.2) is 48.7 Å². The van der Waals surface area contributed by atoms with Crippen LogP contribution in [0.1, 0.15) is 44.4 Å². The summed E-state index contributed by atoms with van der Waals surface area (Å²) in [5.41, 5.74) is 3.88. The Balaban J connectivity index is 1.77. The van der Waals surface area contributed by atoms with Crippen molar-refractivity contribution in [2.75, 3.05) is 6.61 Å². The van der Waals surface area contributed by atoms with Gasteiger partial charge in [-0.1, -0.05) is 25.1 Å². The van der Waals surface area contributed by atoms with E-state index in [2.05, 4.69) is 24.0 Å². The van der Waals surface area contributed by atoms with Gasteiger partial charge in [-0.3, -0.25) is 4.98 Å². The van der Waals surface area contributed by atoms with Crippen LogP contribution in [0.3, 0.4) is 0 Å². The molecule has 3 rings (SSSR count). The summed E-state index contributed by atoms with van der Waals surface area (Å²) in [6, 6.07) is 13.7. The van der Waals surface area contributed by atoms with Crippen molar-refractivity contribution in [3.63, 3.8) is 0 Å². The molecule has 0 bridgehead atoms. The van der Waals surface area contributed by atoms with Crippen molar-refractivity contribution >= 4 is 16.9 Å². The summed E-state index contributed by atoms with van der Waals surface area (Å²) in [4.78, 5) is 15.9. The standard InChI is InChI=1S/C26H31NO5/c1-5-18-9-12-23-22(13-18)25(32-17(3)4)20(15-27-23)16-31-21-10-7-19(8-11-21)14-24(26(28)29)30-6-2/h7-13,15,17,24H,5-6,14,16H2,1-4H3,(H,28,29). The predicted octanol–water partition coefficient (Wildman–Crippen LogP) is 5.20. The van der Waals surface area contributed by atoms with Gasteiger partial charge in [0.25, 0.3) is 0 Å². The smallest absolute Gasteiger partial charge is 0.333 e. The second-order valence-corrected chi connectivity index (χ2v) is 7.90. The van der Waals surface area contributed by atoms with Crippen molar-refractivity contribution in [3.05, 3.63) is 65.4 Å². The first-order chi connectivity index (χ1) is 15.4. The summed E-state index contributed by atoms with van der Waals surface area (Å²) in [6.07, 6.45) is 2.23. The molecule has 3 aromatic rings. The van der Waals surface area contributed by atoms with E-state index in [0.29, 0.717) is 25.4 Å². The minimum atomic E-state index is -0.958. The molecule has 2 aromatic carbocycles. The first-order valence-corrected chi connectivity index (χ1v) is 11.0. The topological polar surface area (TPSA) is 77.9 Å². The fourth-order valence-electron chi connectivity index (χ4n) is 3.47. The molecular weight excluding hydrogens is 406 g/mol. The van der Waals surface area contributed by atoms with Gasteiger partial charge in [-0.15, -0.1) is 0 Å². The Labute approximate surface area is 189 Å². The Kier molecular flexibility index (Phi) is 8.06. The van der Waals surface area contributed by atoms with E-state index in [1.54, 1.807) is 13.1 Å². The van der Waals surface area contributed by atoms with Gasteiger partial charge in [-0.2, -0.15) is 0 Å². The van der Waals surface area contributed by atoms with Crippen LogP contribution in [0.25, 0.3) is 10.9 Å². The third-order valence-electron chi connectivity index (χ3n) is 5.10. The maximum absolute atomic E-state index is 11.3. The Morgan fingerprint density at radius 3 is 2.41 bits per heavy atom. The van der Waals surface area contributed by atoms with Crippen molar-refractivity contribution in [3.8, 4) is 11.5 Å². The number of hydrogen-bond donors (Lipinski definition) is 1. The lowest BCUT2D eigenvalue weighted by Crippen LogP contribution is -2.26. The lowest BCUT2D eigenvalue weighted by molar-refractivity contribution is -0.149. The number of rotatable bonds is 11. The van der Waals surface area contributed by atoms with E-state index >= 15 is 0 Å². The number of pyridine rings is 1. The molecule has 1 atom stereocenters. The normalized spacial score (nSPS) is 12.2. The number of benzene rings is 2. The third kappa shape index (κ3) is 5.98. The number of carboxylic acid groups (broad SMARTS) is 1. The molecule has 0 fully saturated rings. The van der Waals surface area contributed by atoms with E-state index in [0.717, 1.165) is 34.2 Å². The number of aromatic nitrogens is 1. The molecule has 6 nitrogen and oxygen atoms in total. The number of aryl methyl sites for hydroxylation is 1. The van der Waals surface area contributed by atoms with Crippen molar-refractivity contribution < 1.29 is 24.1 Å². The minimum Gasteiger partial charge on any atom is -0.490 e. The zero-order valence-corrected chi connectivity index (χ0v) is 19.1. The highest BCUT2D eigenvalue weighted by atomic mass is 16.5. The summed E-state index contributed by atoms with van der Waals surface area (Å²) >= 11 is 0. The summed E-state index contributed by atoms with van der Waals surface area (Å²) in [6.45, 7) is 8.60. The average molecular weight is 438 g/mol. The molecular formula is C26H31NO5. The summed E-state index contributed by atoms with van der Waals surface area (Å²) < 4.78 is 17.5. The van der Waals surface area contributed by atoms with Crippen LogP contribution in [0.5, 0.6) is 11.5 Å². The largest absolute Gasteiger partial charge is 0.490 e. The minimum absolute atomic E-state index is 0.0245. The predicted molar refractivity (Wildman–Crippen MR) is 124 cm³/mol. The molecule has 1 N–H and O–H groups in total. The van der Waals surface area contributed by atoms with Crippen LogP contribution in [0.2, 0.25) is 0 Å². The van der Waals surface area contributed by atoms with E-state index in [1.807, 2.05) is 44.2 Å². The highest BCUT2D eigenvalue weighted by Gasteiger charge is 2.18. The van der Waals surface area contributed by atoms with E-state index in [9.17, 15) is 9.90 Å². The molecule has 0 saturated carbocycles. The van der Waals surface area contributed by atoms with E-state index in [4.69, 9.17) is 14.2 Å². The molecule has 0 aliphatic heterocycles. The quantitative estimate of drug-likeness (QED) is 0.444. The van der Waals surface area contributed by atoms with E-state index in [1.165, 1.54) is 5.56 Å². The molecule has 1 heterocycles. The van der Waals surface area contributed by atoms with Gasteiger partial charge in [0, 0.05) is 24.6 Å². The number of fused-ring (bicyclic) bond motifs is 1. The fraction of sp³-hybridized carbons (Fsp3) is 0.385. The van der Waals surface area contributed by atoms with E-state index in [-0.39, 0.29) is 6.10 Å². The number of ether oxygens (including phenoxy) is 3. The van der Waals surface area contributed by atoms with Crippen molar-refractivity contribution in [1.29, 1.82) is 0 Å². The molecule has 0 spiro atoms. The molecule has 32 heavy (non-hydrogen) atoms. The Morgan fingerprint density at radius 2 is 1.78 bits per heavy atom. The van der Waals surface area contributed by atoms with Gasteiger partial charge >= 0.3 is 5.97 Å². The molecule has 0 aliphatic rings. The summed E-state index contributed by atoms with van der Waals surface area (Å²) in [5.74, 6) is 0.535. The van der Waals surface area contributed by atoms with Crippen LogP contribution in [-0.4, -0.2) is 34.9 Å². The second-order valence-electron chi connectivity index (χ2n) is 7.90. The highest BCUT2D eigenvalue weighted by Crippen LogP contribution is 2.31. The van der Waals surface area contributed by atoms with E-state index < -0.39 is 12.1 Å². The zero-order valence-electron chi connectivity index (χ0n) is 19.1. The van der Waals surface area contributed by atoms with Gasteiger partial charge in [0.2, 0.25) is 0 Å². The third-order valence-corrected chi connectivity index (χ3v) is 5.10. The first kappa shape index (κ1) is 23.5. The summed E-state index contributed by atoms with van der Waals surface area (Å²) in [7, 11) is 0. The first-order valence-electron chi connectivity index (χ1n) is 11.0. The second kappa shape index (κ2) is 11.0. The lowest BCUT2D eigenvalue weighted by atomic mass is 10.1. The summed E-state index contributed by atoms with van der Waals surface area (Å²) in [5, 5.41) is 10.3. The maximum Gasteiger partial charge on any atom is 0.333 e. The van der Waals surface area contributed by atoms with Gasteiger partial charge in [0.15, 0.2) is 6.10 Å². The molecule has 0 amide bonds. The zero-order chi connectivity index (χ0) is 23.1. The van der Waals surface area contributed by atoms with Crippen LogP contribution < -0.4 is 9.47 Å². The number of nitrogens with zero attached hydrogens (tertiary/aromatic N) is 1. The fourth-order valence-corrected chi connectivity index (χ4v) is 3.47. The van der Waals surface area contributed by atoms with Crippen molar-refractivity contribution in [2.45, 2.75) is 59.4 Å². The highest BCUT2D eigenvalue weighted by molar-refractivity contribution is 5.86. The van der Waals surface area contributed by atoms with Gasteiger partial charge in [-0.05, 0) is 62.6 Å². The Bertz CT molecular complexity index is 1050. The monoisotopic (exact) mass is 437 g/mol. The number of carboxylic acids is 1.